The van der Waals surface area contributed by atoms with Crippen molar-refractivity contribution in [3.8, 4) is 0 Å². The van der Waals surface area contributed by atoms with E-state index in [1.165, 1.54) is 5.56 Å². The summed E-state index contributed by atoms with van der Waals surface area (Å²) in [4.78, 5) is 12.1. The van der Waals surface area contributed by atoms with E-state index in [9.17, 15) is 4.79 Å². The van der Waals surface area contributed by atoms with Gasteiger partial charge < -0.3 is 10.6 Å². The molecular weight excluding hydrogens is 264 g/mol. The van der Waals surface area contributed by atoms with Crippen LogP contribution in [0, 0.1) is 13.8 Å². The van der Waals surface area contributed by atoms with Crippen LogP contribution in [0.1, 0.15) is 24.5 Å². The molecule has 1 aromatic heterocycles. The number of nitrogens with one attached hydrogen (secondary N) is 2. The average molecular weight is 286 g/mol. The zero-order valence-electron chi connectivity index (χ0n) is 13.0. The number of carbonyl (C=O) groups is 1. The van der Waals surface area contributed by atoms with Crippen molar-refractivity contribution < 1.29 is 4.79 Å². The summed E-state index contributed by atoms with van der Waals surface area (Å²) in [5.74, 6) is 0.00703. The summed E-state index contributed by atoms with van der Waals surface area (Å²) in [5, 5.41) is 10.3. The number of benzene rings is 1. The van der Waals surface area contributed by atoms with Crippen molar-refractivity contribution in [1.82, 2.24) is 9.78 Å². The van der Waals surface area contributed by atoms with Crippen molar-refractivity contribution in [2.75, 3.05) is 10.6 Å². The Morgan fingerprint density at radius 2 is 2.14 bits per heavy atom. The molecule has 21 heavy (non-hydrogen) atoms. The van der Waals surface area contributed by atoms with Crippen LogP contribution in [0.3, 0.4) is 0 Å². The maximum absolute atomic E-state index is 12.1. The molecule has 2 N–H and O–H groups in total. The molecule has 0 saturated heterocycles. The molecule has 1 atom stereocenters. The number of hydrogen-bond acceptors (Lipinski definition) is 3. The van der Waals surface area contributed by atoms with Gasteiger partial charge in [-0.15, -0.1) is 0 Å². The van der Waals surface area contributed by atoms with Crippen LogP contribution >= 0.6 is 0 Å². The minimum absolute atomic E-state index is 0.00703. The van der Waals surface area contributed by atoms with Gasteiger partial charge in [0.05, 0.1) is 11.9 Å². The number of anilines is 2. The first-order chi connectivity index (χ1) is 9.95. The average Bonchev–Trinajstić information content (AvgIpc) is 2.80. The molecule has 5 heteroatoms. The van der Waals surface area contributed by atoms with Gasteiger partial charge in [0, 0.05) is 31.4 Å². The molecular formula is C16H22N4O. The minimum Gasteiger partial charge on any atom is -0.380 e. The molecule has 0 fully saturated rings. The summed E-state index contributed by atoms with van der Waals surface area (Å²) in [6.07, 6.45) is 4.04. The lowest BCUT2D eigenvalue weighted by Gasteiger charge is -2.15. The van der Waals surface area contributed by atoms with Crippen LogP contribution in [0.2, 0.25) is 0 Å². The molecule has 2 aromatic rings. The Kier molecular flexibility index (Phi) is 4.62. The van der Waals surface area contributed by atoms with Gasteiger partial charge in [0.15, 0.2) is 0 Å². The molecule has 5 nitrogen and oxygen atoms in total. The number of rotatable bonds is 5. The van der Waals surface area contributed by atoms with E-state index in [-0.39, 0.29) is 11.9 Å². The highest BCUT2D eigenvalue weighted by Crippen LogP contribution is 2.18. The predicted octanol–water partition coefficient (Wildman–Crippen LogP) is 2.87. The van der Waals surface area contributed by atoms with Gasteiger partial charge in [-0.05, 0) is 38.0 Å². The second-order valence-corrected chi connectivity index (χ2v) is 5.45. The van der Waals surface area contributed by atoms with Crippen LogP contribution in [0.5, 0.6) is 0 Å². The number of hydrogen-bond donors (Lipinski definition) is 2. The highest BCUT2D eigenvalue weighted by Gasteiger charge is 2.11. The Labute approximate surface area is 125 Å². The van der Waals surface area contributed by atoms with Crippen LogP contribution in [0.4, 0.5) is 11.4 Å². The Hall–Kier alpha value is -2.30. The first kappa shape index (κ1) is 15.1. The predicted molar refractivity (Wildman–Crippen MR) is 85.5 cm³/mol. The lowest BCUT2D eigenvalue weighted by atomic mass is 10.1. The monoisotopic (exact) mass is 286 g/mol. The van der Waals surface area contributed by atoms with Gasteiger partial charge in [-0.25, -0.2) is 0 Å². The first-order valence-corrected chi connectivity index (χ1v) is 7.07. The zero-order chi connectivity index (χ0) is 15.4. The van der Waals surface area contributed by atoms with Gasteiger partial charge in [0.1, 0.15) is 0 Å². The van der Waals surface area contributed by atoms with E-state index >= 15 is 0 Å². The molecule has 1 heterocycles. The SMILES string of the molecule is Cc1cccc(NC(=O)C[C@@H](C)Nc2cnn(C)c2)c1C. The smallest absolute Gasteiger partial charge is 0.226 e. The van der Waals surface area contributed by atoms with E-state index < -0.39 is 0 Å². The first-order valence-electron chi connectivity index (χ1n) is 7.07. The lowest BCUT2D eigenvalue weighted by molar-refractivity contribution is -0.116. The third-order valence-corrected chi connectivity index (χ3v) is 3.49. The van der Waals surface area contributed by atoms with E-state index in [2.05, 4.69) is 15.7 Å². The third kappa shape index (κ3) is 4.08. The van der Waals surface area contributed by atoms with Gasteiger partial charge in [-0.2, -0.15) is 5.10 Å². The molecule has 0 aliphatic heterocycles. The van der Waals surface area contributed by atoms with E-state index in [4.69, 9.17) is 0 Å². The molecule has 112 valence electrons. The van der Waals surface area contributed by atoms with E-state index in [1.54, 1.807) is 10.9 Å². The molecule has 0 unspecified atom stereocenters. The van der Waals surface area contributed by atoms with Crippen molar-refractivity contribution in [3.05, 3.63) is 41.7 Å². The zero-order valence-corrected chi connectivity index (χ0v) is 13.0. The van der Waals surface area contributed by atoms with Gasteiger partial charge in [-0.1, -0.05) is 12.1 Å². The lowest BCUT2D eigenvalue weighted by Crippen LogP contribution is -2.24. The molecule has 2 rings (SSSR count). The van der Waals surface area contributed by atoms with Crippen LogP contribution in [0.15, 0.2) is 30.6 Å². The third-order valence-electron chi connectivity index (χ3n) is 3.49. The van der Waals surface area contributed by atoms with E-state index in [0.29, 0.717) is 6.42 Å². The van der Waals surface area contributed by atoms with Crippen LogP contribution in [-0.2, 0) is 11.8 Å². The van der Waals surface area contributed by atoms with Crippen LogP contribution < -0.4 is 10.6 Å². The second-order valence-electron chi connectivity index (χ2n) is 5.45. The van der Waals surface area contributed by atoms with Crippen LogP contribution in [-0.4, -0.2) is 21.7 Å². The molecule has 0 spiro atoms. The summed E-state index contributed by atoms with van der Waals surface area (Å²) in [7, 11) is 1.86. The molecule has 1 amide bonds. The normalized spacial score (nSPS) is 12.0. The van der Waals surface area contributed by atoms with Gasteiger partial charge in [0.2, 0.25) is 5.91 Å². The highest BCUT2D eigenvalue weighted by atomic mass is 16.1. The molecule has 0 radical (unpaired) electrons. The fourth-order valence-electron chi connectivity index (χ4n) is 2.20. The Bertz CT molecular complexity index is 633. The second kappa shape index (κ2) is 6.43. The summed E-state index contributed by atoms with van der Waals surface area (Å²) in [5.41, 5.74) is 4.09. The highest BCUT2D eigenvalue weighted by molar-refractivity contribution is 5.92. The largest absolute Gasteiger partial charge is 0.380 e. The quantitative estimate of drug-likeness (QED) is 0.888. The molecule has 1 aromatic carbocycles. The van der Waals surface area contributed by atoms with E-state index in [1.807, 2.05) is 52.2 Å². The summed E-state index contributed by atoms with van der Waals surface area (Å²) >= 11 is 0. The number of aryl methyl sites for hydroxylation is 2. The van der Waals surface area contributed by atoms with Crippen molar-refractivity contribution >= 4 is 17.3 Å². The molecule has 0 aliphatic carbocycles. The number of nitrogens with zero attached hydrogens (tertiary/aromatic N) is 2. The Morgan fingerprint density at radius 3 is 2.81 bits per heavy atom. The number of carbonyl (C=O) groups excluding carboxylic acids is 1. The van der Waals surface area contributed by atoms with Gasteiger partial charge in [-0.3, -0.25) is 9.48 Å². The van der Waals surface area contributed by atoms with Crippen LogP contribution in [0.25, 0.3) is 0 Å². The molecule has 0 bridgehead atoms. The minimum atomic E-state index is 0.00703. The van der Waals surface area contributed by atoms with Crippen molar-refractivity contribution in [3.63, 3.8) is 0 Å². The topological polar surface area (TPSA) is 59.0 Å². The Morgan fingerprint density at radius 1 is 1.38 bits per heavy atom. The molecule has 0 saturated carbocycles. The Balaban J connectivity index is 1.90. The maximum atomic E-state index is 12.1. The fourth-order valence-corrected chi connectivity index (χ4v) is 2.20. The number of aromatic nitrogens is 2. The van der Waals surface area contributed by atoms with Crippen molar-refractivity contribution in [2.24, 2.45) is 7.05 Å². The van der Waals surface area contributed by atoms with Crippen molar-refractivity contribution in [2.45, 2.75) is 33.2 Å². The molecule has 0 aliphatic rings. The maximum Gasteiger partial charge on any atom is 0.226 e. The van der Waals surface area contributed by atoms with Crippen molar-refractivity contribution in [1.29, 1.82) is 0 Å². The van der Waals surface area contributed by atoms with Gasteiger partial charge in [0.25, 0.3) is 0 Å². The standard InChI is InChI=1S/C16H22N4O/c1-11-6-5-7-15(13(11)3)19-16(21)8-12(2)18-14-9-17-20(4)10-14/h5-7,9-10,12,18H,8H2,1-4H3,(H,19,21)/t12-/m1/s1. The number of amides is 1. The summed E-state index contributed by atoms with van der Waals surface area (Å²) in [6.45, 7) is 6.04. The summed E-state index contributed by atoms with van der Waals surface area (Å²) < 4.78 is 1.73. The van der Waals surface area contributed by atoms with Gasteiger partial charge >= 0.3 is 0 Å². The fraction of sp³-hybridized carbons (Fsp3) is 0.375. The summed E-state index contributed by atoms with van der Waals surface area (Å²) in [6, 6.07) is 5.96. The van der Waals surface area contributed by atoms with E-state index in [0.717, 1.165) is 16.9 Å².